The quantitative estimate of drug-likeness (QED) is 0.241. The highest BCUT2D eigenvalue weighted by Gasteiger charge is 2.51. The Morgan fingerprint density at radius 3 is 1.48 bits per heavy atom. The molecule has 0 bridgehead atoms. The van der Waals surface area contributed by atoms with Crippen molar-refractivity contribution in [2.75, 3.05) is 28.2 Å². The minimum atomic E-state index is -1.50. The lowest BCUT2D eigenvalue weighted by Gasteiger charge is -2.32. The van der Waals surface area contributed by atoms with Crippen molar-refractivity contribution in [1.29, 1.82) is 0 Å². The molecular weight excluding hydrogens is 710 g/mol. The molecule has 0 aliphatic carbocycles. The van der Waals surface area contributed by atoms with E-state index in [1.807, 2.05) is 45.0 Å². The molecule has 290 valence electrons. The van der Waals surface area contributed by atoms with E-state index in [1.54, 1.807) is 67.6 Å². The molecule has 0 saturated carbocycles. The van der Waals surface area contributed by atoms with Crippen LogP contribution in [0.3, 0.4) is 0 Å². The third kappa shape index (κ3) is 7.69. The number of hydrogen-bond acceptors (Lipinski definition) is 10. The van der Waals surface area contributed by atoms with Crippen LogP contribution in [0.25, 0.3) is 33.8 Å². The zero-order valence-corrected chi connectivity index (χ0v) is 34.0. The minimum absolute atomic E-state index is 0.128. The zero-order valence-electron chi connectivity index (χ0n) is 34.0. The van der Waals surface area contributed by atoms with Crippen molar-refractivity contribution in [3.8, 4) is 22.5 Å². The fraction of sp³-hybridized carbons (Fsp3) is 0.350. The van der Waals surface area contributed by atoms with E-state index in [0.717, 1.165) is 44.8 Å². The summed E-state index contributed by atoms with van der Waals surface area (Å²) in [6, 6.07) is 18.5. The molecule has 1 aliphatic heterocycles. The van der Waals surface area contributed by atoms with E-state index in [0.29, 0.717) is 33.8 Å². The number of carbonyl (C=O) groups is 2. The van der Waals surface area contributed by atoms with E-state index in [2.05, 4.69) is 55.8 Å². The van der Waals surface area contributed by atoms with E-state index >= 15 is 0 Å². The summed E-state index contributed by atoms with van der Waals surface area (Å²) in [6.07, 6.45) is 0. The molecule has 14 nitrogen and oxygen atoms in total. The second-order valence-electron chi connectivity index (χ2n) is 15.7. The molecule has 5 heterocycles. The number of amides is 2. The monoisotopic (exact) mass is 758 g/mol. The van der Waals surface area contributed by atoms with E-state index in [4.69, 9.17) is 14.4 Å². The summed E-state index contributed by atoms with van der Waals surface area (Å²) >= 11 is 0. The van der Waals surface area contributed by atoms with Crippen LogP contribution in [-0.2, 0) is 9.31 Å². The molecule has 7 rings (SSSR count). The molecule has 6 aromatic rings. The Bertz CT molecular complexity index is 2470. The second kappa shape index (κ2) is 14.9. The average molecular weight is 758 g/mol. The molecule has 1 fully saturated rings. The van der Waals surface area contributed by atoms with E-state index < -0.39 is 14.2 Å². The van der Waals surface area contributed by atoms with Crippen molar-refractivity contribution < 1.29 is 28.9 Å². The van der Waals surface area contributed by atoms with Gasteiger partial charge in [-0.2, -0.15) is 10.2 Å². The molecule has 4 aromatic heterocycles. The lowest BCUT2D eigenvalue weighted by Crippen LogP contribution is -2.41. The van der Waals surface area contributed by atoms with Crippen LogP contribution in [0.5, 0.6) is 0 Å². The summed E-state index contributed by atoms with van der Waals surface area (Å²) in [4.78, 5) is 36.4. The number of nitrogens with zero attached hydrogens (tertiary/aromatic N) is 8. The van der Waals surface area contributed by atoms with Gasteiger partial charge in [0, 0.05) is 62.8 Å². The van der Waals surface area contributed by atoms with Crippen LogP contribution in [-0.4, -0.2) is 114 Å². The van der Waals surface area contributed by atoms with E-state index in [9.17, 15) is 19.6 Å². The molecule has 1 aliphatic rings. The normalized spacial score (nSPS) is 14.5. The van der Waals surface area contributed by atoms with Crippen LogP contribution >= 0.6 is 0 Å². The van der Waals surface area contributed by atoms with Gasteiger partial charge in [-0.3, -0.25) is 9.59 Å². The standard InChI is InChI=1S/C23H29BN4O3.C17H19BN4O3/c1-14-11-16(24-30-22(3,4)23(5,6)31-24)9-10-17(14)18-13-20-25-19(21(29)27(7)8)12-15(2)28(20)26-18;1-10-7-12(18(24)25)5-6-13(10)14-9-16-19-15(17(23)21(3)4)8-11(2)22(16)20-14/h9-13H,1-8H3;5-9,24-25H,1-4H3. The molecule has 2 amide bonds. The van der Waals surface area contributed by atoms with Gasteiger partial charge in [-0.1, -0.05) is 36.4 Å². The zero-order chi connectivity index (χ0) is 41.0. The lowest BCUT2D eigenvalue weighted by molar-refractivity contribution is 0.00578. The van der Waals surface area contributed by atoms with Gasteiger partial charge in [0.25, 0.3) is 11.8 Å². The van der Waals surface area contributed by atoms with Crippen molar-refractivity contribution >= 4 is 48.3 Å². The van der Waals surface area contributed by atoms with E-state index in [-0.39, 0.29) is 23.0 Å². The molecule has 0 spiro atoms. The van der Waals surface area contributed by atoms with Gasteiger partial charge < -0.3 is 29.2 Å². The number of benzene rings is 2. The largest absolute Gasteiger partial charge is 0.494 e. The number of aromatic nitrogens is 6. The number of carbonyl (C=O) groups excluding carboxylic acids is 2. The van der Waals surface area contributed by atoms with Gasteiger partial charge >= 0.3 is 14.2 Å². The first-order chi connectivity index (χ1) is 26.2. The highest BCUT2D eigenvalue weighted by atomic mass is 16.7. The molecule has 16 heteroatoms. The first-order valence-electron chi connectivity index (χ1n) is 18.3. The van der Waals surface area contributed by atoms with Crippen LogP contribution in [0.2, 0.25) is 0 Å². The number of aryl methyl sites for hydroxylation is 4. The molecule has 2 aromatic carbocycles. The Morgan fingerprint density at radius 2 is 1.09 bits per heavy atom. The SMILES string of the molecule is Cc1cc(B(O)O)ccc1-c1cc2nc(C(=O)N(C)C)cc(C)n2n1.Cc1cc(B2OC(C)(C)C(C)(C)O2)ccc1-c1cc2nc(C(=O)N(C)C)cc(C)n2n1. The van der Waals surface area contributed by atoms with Crippen molar-refractivity contribution in [3.63, 3.8) is 0 Å². The summed E-state index contributed by atoms with van der Waals surface area (Å²) in [5.41, 5.74) is 9.67. The molecule has 0 unspecified atom stereocenters. The van der Waals surface area contributed by atoms with Gasteiger partial charge in [0.2, 0.25) is 0 Å². The lowest BCUT2D eigenvalue weighted by atomic mass is 9.77. The number of fused-ring (bicyclic) bond motifs is 2. The summed E-state index contributed by atoms with van der Waals surface area (Å²) in [5.74, 6) is -0.290. The molecule has 1 saturated heterocycles. The predicted octanol–water partition coefficient (Wildman–Crippen LogP) is 3.41. The Balaban J connectivity index is 0.000000194. The fourth-order valence-electron chi connectivity index (χ4n) is 6.43. The van der Waals surface area contributed by atoms with Crippen LogP contribution in [0.1, 0.15) is 71.2 Å². The van der Waals surface area contributed by atoms with Gasteiger partial charge in [0.15, 0.2) is 11.3 Å². The maximum atomic E-state index is 12.3. The third-order valence-electron chi connectivity index (χ3n) is 10.3. The molecule has 2 N–H and O–H groups in total. The second-order valence-corrected chi connectivity index (χ2v) is 15.7. The summed E-state index contributed by atoms with van der Waals surface area (Å²) < 4.78 is 15.8. The average Bonchev–Trinajstić information content (AvgIpc) is 3.81. The topological polar surface area (TPSA) is 160 Å². The number of rotatable bonds is 6. The highest BCUT2D eigenvalue weighted by molar-refractivity contribution is 6.62. The first kappa shape index (κ1) is 40.3. The summed E-state index contributed by atoms with van der Waals surface area (Å²) in [6.45, 7) is 15.9. The number of hydrogen-bond donors (Lipinski definition) is 2. The Hall–Kier alpha value is -5.41. The highest BCUT2D eigenvalue weighted by Crippen LogP contribution is 2.37. The van der Waals surface area contributed by atoms with Crippen molar-refractivity contribution in [2.45, 2.75) is 66.6 Å². The van der Waals surface area contributed by atoms with Crippen LogP contribution < -0.4 is 10.9 Å². The fourth-order valence-corrected chi connectivity index (χ4v) is 6.43. The summed E-state index contributed by atoms with van der Waals surface area (Å²) in [5, 5.41) is 27.9. The molecule has 56 heavy (non-hydrogen) atoms. The van der Waals surface area contributed by atoms with Gasteiger partial charge in [-0.15, -0.1) is 0 Å². The van der Waals surface area contributed by atoms with Gasteiger partial charge in [-0.05, 0) is 89.6 Å². The van der Waals surface area contributed by atoms with Gasteiger partial charge in [0.05, 0.1) is 22.6 Å². The molecular formula is C40H48B2N8O6. The van der Waals surface area contributed by atoms with Crippen molar-refractivity contribution in [3.05, 3.63) is 94.6 Å². The maximum Gasteiger partial charge on any atom is 0.494 e. The van der Waals surface area contributed by atoms with Crippen LogP contribution in [0.4, 0.5) is 0 Å². The minimum Gasteiger partial charge on any atom is -0.423 e. The van der Waals surface area contributed by atoms with Crippen molar-refractivity contribution in [2.24, 2.45) is 0 Å². The van der Waals surface area contributed by atoms with Crippen LogP contribution in [0.15, 0.2) is 60.7 Å². The van der Waals surface area contributed by atoms with Gasteiger partial charge in [-0.25, -0.2) is 19.0 Å². The van der Waals surface area contributed by atoms with Gasteiger partial charge in [0.1, 0.15) is 11.4 Å². The smallest absolute Gasteiger partial charge is 0.423 e. The Kier molecular flexibility index (Phi) is 10.7. The van der Waals surface area contributed by atoms with Crippen molar-refractivity contribution in [1.82, 2.24) is 39.0 Å². The maximum absolute atomic E-state index is 12.3. The Morgan fingerprint density at radius 1 is 0.661 bits per heavy atom. The van der Waals surface area contributed by atoms with Crippen LogP contribution in [0, 0.1) is 27.7 Å². The Labute approximate surface area is 327 Å². The first-order valence-corrected chi connectivity index (χ1v) is 18.3. The predicted molar refractivity (Wildman–Crippen MR) is 217 cm³/mol. The third-order valence-corrected chi connectivity index (χ3v) is 10.3. The molecule has 0 atom stereocenters. The summed E-state index contributed by atoms with van der Waals surface area (Å²) in [7, 11) is 4.91. The molecule has 0 radical (unpaired) electrons. The van der Waals surface area contributed by atoms with E-state index in [1.165, 1.54) is 9.80 Å².